The molecular weight excluding hydrogens is 236 g/mol. The molecule has 2 rings (SSSR count). The zero-order valence-electron chi connectivity index (χ0n) is 10.0. The fourth-order valence-corrected chi connectivity index (χ4v) is 2.63. The second-order valence-electron chi connectivity index (χ2n) is 4.69. The normalized spacial score (nSPS) is 19.3. The van der Waals surface area contributed by atoms with Crippen LogP contribution >= 0.6 is 11.6 Å². The molecule has 0 radical (unpaired) electrons. The summed E-state index contributed by atoms with van der Waals surface area (Å²) in [7, 11) is 1.73. The molecule has 1 aromatic carbocycles. The summed E-state index contributed by atoms with van der Waals surface area (Å²) < 4.78 is 5.68. The smallest absolute Gasteiger partial charge is 0.133 e. The lowest BCUT2D eigenvalue weighted by Crippen LogP contribution is -2.38. The molecule has 0 aromatic heterocycles. The van der Waals surface area contributed by atoms with Crippen molar-refractivity contribution in [3.8, 4) is 0 Å². The summed E-state index contributed by atoms with van der Waals surface area (Å²) in [5.74, 6) is 0.344. The first kappa shape index (κ1) is 12.6. The van der Waals surface area contributed by atoms with Gasteiger partial charge in [-0.3, -0.25) is 4.79 Å². The molecule has 92 valence electrons. The van der Waals surface area contributed by atoms with Gasteiger partial charge >= 0.3 is 0 Å². The van der Waals surface area contributed by atoms with E-state index in [9.17, 15) is 4.79 Å². The van der Waals surface area contributed by atoms with E-state index in [1.165, 1.54) is 0 Å². The second kappa shape index (κ2) is 5.19. The molecule has 1 aliphatic carbocycles. The van der Waals surface area contributed by atoms with E-state index in [1.54, 1.807) is 7.11 Å². The quantitative estimate of drug-likeness (QED) is 0.824. The zero-order valence-corrected chi connectivity index (χ0v) is 10.8. The van der Waals surface area contributed by atoms with E-state index in [0.29, 0.717) is 18.6 Å². The Bertz CT molecular complexity index is 404. The molecule has 1 fully saturated rings. The SMILES string of the molecule is COC1(Cc2ccccc2Cl)CCC(=O)CC1. The van der Waals surface area contributed by atoms with Gasteiger partial charge in [-0.1, -0.05) is 29.8 Å². The van der Waals surface area contributed by atoms with Crippen molar-refractivity contribution in [3.63, 3.8) is 0 Å². The Hall–Kier alpha value is -0.860. The Labute approximate surface area is 107 Å². The van der Waals surface area contributed by atoms with Crippen LogP contribution in [-0.2, 0) is 16.0 Å². The van der Waals surface area contributed by atoms with E-state index in [2.05, 4.69) is 0 Å². The van der Waals surface area contributed by atoms with E-state index in [1.807, 2.05) is 24.3 Å². The number of Topliss-reactive ketones (excluding diaryl/α,β-unsaturated/α-hetero) is 1. The third-order valence-corrected chi connectivity index (χ3v) is 3.99. The van der Waals surface area contributed by atoms with Crippen molar-refractivity contribution in [3.05, 3.63) is 34.9 Å². The number of carbonyl (C=O) groups is 1. The largest absolute Gasteiger partial charge is 0.378 e. The highest BCUT2D eigenvalue weighted by Crippen LogP contribution is 2.34. The monoisotopic (exact) mass is 252 g/mol. The van der Waals surface area contributed by atoms with E-state index in [0.717, 1.165) is 29.8 Å². The van der Waals surface area contributed by atoms with E-state index >= 15 is 0 Å². The Balaban J connectivity index is 2.15. The lowest BCUT2D eigenvalue weighted by atomic mass is 9.80. The van der Waals surface area contributed by atoms with Gasteiger partial charge in [-0.15, -0.1) is 0 Å². The van der Waals surface area contributed by atoms with Crippen molar-refractivity contribution >= 4 is 17.4 Å². The minimum absolute atomic E-state index is 0.209. The first-order valence-corrected chi connectivity index (χ1v) is 6.33. The third kappa shape index (κ3) is 2.88. The lowest BCUT2D eigenvalue weighted by Gasteiger charge is -2.35. The number of hydrogen-bond donors (Lipinski definition) is 0. The van der Waals surface area contributed by atoms with Gasteiger partial charge in [-0.25, -0.2) is 0 Å². The topological polar surface area (TPSA) is 26.3 Å². The fourth-order valence-electron chi connectivity index (χ4n) is 2.43. The number of halogens is 1. The van der Waals surface area contributed by atoms with Gasteiger partial charge in [0.25, 0.3) is 0 Å². The molecule has 1 aliphatic rings. The van der Waals surface area contributed by atoms with Crippen LogP contribution in [0.4, 0.5) is 0 Å². The molecule has 0 atom stereocenters. The van der Waals surface area contributed by atoms with Crippen LogP contribution < -0.4 is 0 Å². The lowest BCUT2D eigenvalue weighted by molar-refractivity contribution is -0.127. The summed E-state index contributed by atoms with van der Waals surface area (Å²) in [4.78, 5) is 11.3. The van der Waals surface area contributed by atoms with Crippen molar-refractivity contribution in [1.82, 2.24) is 0 Å². The molecule has 0 N–H and O–H groups in total. The Morgan fingerprint density at radius 3 is 2.53 bits per heavy atom. The first-order chi connectivity index (χ1) is 8.15. The van der Waals surface area contributed by atoms with Crippen molar-refractivity contribution < 1.29 is 9.53 Å². The first-order valence-electron chi connectivity index (χ1n) is 5.95. The molecule has 2 nitrogen and oxygen atoms in total. The van der Waals surface area contributed by atoms with Gasteiger partial charge in [0.05, 0.1) is 5.60 Å². The summed E-state index contributed by atoms with van der Waals surface area (Å²) in [6, 6.07) is 7.84. The molecule has 3 heteroatoms. The van der Waals surface area contributed by atoms with E-state index < -0.39 is 0 Å². The van der Waals surface area contributed by atoms with Crippen LogP contribution in [-0.4, -0.2) is 18.5 Å². The predicted octanol–water partition coefficient (Wildman–Crippen LogP) is 3.41. The van der Waals surface area contributed by atoms with Gasteiger partial charge in [0, 0.05) is 31.4 Å². The molecule has 17 heavy (non-hydrogen) atoms. The molecule has 0 heterocycles. The Morgan fingerprint density at radius 2 is 1.94 bits per heavy atom. The van der Waals surface area contributed by atoms with Crippen LogP contribution in [0, 0.1) is 0 Å². The van der Waals surface area contributed by atoms with Gasteiger partial charge < -0.3 is 4.74 Å². The highest BCUT2D eigenvalue weighted by Gasteiger charge is 2.35. The maximum Gasteiger partial charge on any atom is 0.133 e. The fraction of sp³-hybridized carbons (Fsp3) is 0.500. The third-order valence-electron chi connectivity index (χ3n) is 3.62. The van der Waals surface area contributed by atoms with Gasteiger partial charge in [0.15, 0.2) is 0 Å². The highest BCUT2D eigenvalue weighted by atomic mass is 35.5. The van der Waals surface area contributed by atoms with Gasteiger partial charge in [0.1, 0.15) is 5.78 Å². The predicted molar refractivity (Wildman–Crippen MR) is 68.4 cm³/mol. The minimum Gasteiger partial charge on any atom is -0.378 e. The van der Waals surface area contributed by atoms with Gasteiger partial charge in [0.2, 0.25) is 0 Å². The van der Waals surface area contributed by atoms with Crippen molar-refractivity contribution in [2.45, 2.75) is 37.7 Å². The molecule has 0 amide bonds. The summed E-state index contributed by atoms with van der Waals surface area (Å²) in [5, 5.41) is 0.779. The summed E-state index contributed by atoms with van der Waals surface area (Å²) in [6.07, 6.45) is 3.63. The molecule has 0 unspecified atom stereocenters. The Kier molecular flexibility index (Phi) is 3.85. The van der Waals surface area contributed by atoms with Crippen LogP contribution in [0.3, 0.4) is 0 Å². The van der Waals surface area contributed by atoms with Crippen molar-refractivity contribution in [1.29, 1.82) is 0 Å². The molecule has 0 aliphatic heterocycles. The second-order valence-corrected chi connectivity index (χ2v) is 5.10. The standard InChI is InChI=1S/C14H17ClO2/c1-17-14(8-6-12(16)7-9-14)10-11-4-2-3-5-13(11)15/h2-5H,6-10H2,1H3. The average molecular weight is 253 g/mol. The molecule has 0 spiro atoms. The number of ketones is 1. The van der Waals surface area contributed by atoms with E-state index in [4.69, 9.17) is 16.3 Å². The van der Waals surface area contributed by atoms with Crippen LogP contribution in [0.15, 0.2) is 24.3 Å². The number of carbonyl (C=O) groups excluding carboxylic acids is 1. The maximum atomic E-state index is 11.3. The minimum atomic E-state index is -0.209. The molecule has 1 aromatic rings. The van der Waals surface area contributed by atoms with Crippen LogP contribution in [0.5, 0.6) is 0 Å². The molecule has 0 saturated heterocycles. The van der Waals surface area contributed by atoms with Crippen LogP contribution in [0.2, 0.25) is 5.02 Å². The van der Waals surface area contributed by atoms with Gasteiger partial charge in [-0.2, -0.15) is 0 Å². The number of ether oxygens (including phenoxy) is 1. The summed E-state index contributed by atoms with van der Waals surface area (Å²) in [6.45, 7) is 0. The van der Waals surface area contributed by atoms with Gasteiger partial charge in [-0.05, 0) is 24.5 Å². The molecule has 1 saturated carbocycles. The van der Waals surface area contributed by atoms with Crippen molar-refractivity contribution in [2.75, 3.05) is 7.11 Å². The zero-order chi connectivity index (χ0) is 12.3. The number of methoxy groups -OCH3 is 1. The maximum absolute atomic E-state index is 11.3. The van der Waals surface area contributed by atoms with E-state index in [-0.39, 0.29) is 5.60 Å². The van der Waals surface area contributed by atoms with Crippen LogP contribution in [0.1, 0.15) is 31.2 Å². The molecule has 0 bridgehead atoms. The summed E-state index contributed by atoms with van der Waals surface area (Å²) >= 11 is 6.17. The number of benzene rings is 1. The van der Waals surface area contributed by atoms with Crippen LogP contribution in [0.25, 0.3) is 0 Å². The number of rotatable bonds is 3. The highest BCUT2D eigenvalue weighted by molar-refractivity contribution is 6.31. The molecular formula is C14H17ClO2. The van der Waals surface area contributed by atoms with Crippen molar-refractivity contribution in [2.24, 2.45) is 0 Å². The Morgan fingerprint density at radius 1 is 1.29 bits per heavy atom. The number of hydrogen-bond acceptors (Lipinski definition) is 2. The average Bonchev–Trinajstić information content (AvgIpc) is 2.35. The summed E-state index contributed by atoms with van der Waals surface area (Å²) in [5.41, 5.74) is 0.893.